The Hall–Kier alpha value is -2.62. The first-order chi connectivity index (χ1) is 11.3. The molecular formula is C20H22N2O2. The second kappa shape index (κ2) is 6.11. The van der Waals surface area contributed by atoms with E-state index >= 15 is 0 Å². The summed E-state index contributed by atoms with van der Waals surface area (Å²) in [6.07, 6.45) is 0.649. The zero-order valence-electron chi connectivity index (χ0n) is 14.2. The highest BCUT2D eigenvalue weighted by molar-refractivity contribution is 6.03. The molecule has 1 heterocycles. The largest absolute Gasteiger partial charge is 0.326 e. The number of carbonyl (C=O) groups excluding carboxylic acids is 2. The summed E-state index contributed by atoms with van der Waals surface area (Å²) in [6, 6.07) is 15.5. The predicted octanol–water partition coefficient (Wildman–Crippen LogP) is 3.95. The molecule has 0 saturated carbocycles. The lowest BCUT2D eigenvalue weighted by Gasteiger charge is -2.18. The zero-order chi connectivity index (χ0) is 17.3. The van der Waals surface area contributed by atoms with Crippen LogP contribution in [0.2, 0.25) is 0 Å². The lowest BCUT2D eigenvalue weighted by Crippen LogP contribution is -2.27. The van der Waals surface area contributed by atoms with Gasteiger partial charge in [0, 0.05) is 16.8 Å². The van der Waals surface area contributed by atoms with Crippen molar-refractivity contribution >= 4 is 23.2 Å². The van der Waals surface area contributed by atoms with Gasteiger partial charge in [-0.2, -0.15) is 0 Å². The van der Waals surface area contributed by atoms with Crippen molar-refractivity contribution in [1.29, 1.82) is 0 Å². The van der Waals surface area contributed by atoms with Crippen LogP contribution in [0.15, 0.2) is 48.5 Å². The molecule has 1 atom stereocenters. The van der Waals surface area contributed by atoms with E-state index in [1.54, 1.807) is 0 Å². The number of carbonyl (C=O) groups is 2. The third-order valence-corrected chi connectivity index (χ3v) is 4.24. The van der Waals surface area contributed by atoms with Gasteiger partial charge in [0.05, 0.1) is 5.92 Å². The van der Waals surface area contributed by atoms with Gasteiger partial charge in [-0.1, -0.05) is 51.1 Å². The molecule has 2 aromatic carbocycles. The summed E-state index contributed by atoms with van der Waals surface area (Å²) >= 11 is 0. The fourth-order valence-corrected chi connectivity index (χ4v) is 2.76. The molecule has 0 spiro atoms. The molecule has 24 heavy (non-hydrogen) atoms. The van der Waals surface area contributed by atoms with E-state index in [1.807, 2.05) is 69.3 Å². The highest BCUT2D eigenvalue weighted by atomic mass is 16.2. The van der Waals surface area contributed by atoms with Crippen molar-refractivity contribution in [2.24, 2.45) is 5.41 Å². The van der Waals surface area contributed by atoms with E-state index in [1.165, 1.54) is 0 Å². The number of hydrogen-bond acceptors (Lipinski definition) is 2. The number of benzene rings is 2. The van der Waals surface area contributed by atoms with Gasteiger partial charge in [-0.15, -0.1) is 0 Å². The first-order valence-electron chi connectivity index (χ1n) is 8.15. The van der Waals surface area contributed by atoms with Gasteiger partial charge >= 0.3 is 0 Å². The van der Waals surface area contributed by atoms with Gasteiger partial charge in [0.25, 0.3) is 0 Å². The Morgan fingerprint density at radius 2 is 1.75 bits per heavy atom. The van der Waals surface area contributed by atoms with E-state index in [2.05, 4.69) is 10.6 Å². The fourth-order valence-electron chi connectivity index (χ4n) is 2.76. The van der Waals surface area contributed by atoms with Crippen LogP contribution in [0.5, 0.6) is 0 Å². The third kappa shape index (κ3) is 3.32. The molecule has 4 heteroatoms. The van der Waals surface area contributed by atoms with Crippen LogP contribution in [0.25, 0.3) is 0 Å². The third-order valence-electron chi connectivity index (χ3n) is 4.24. The van der Waals surface area contributed by atoms with E-state index in [4.69, 9.17) is 0 Å². The molecule has 2 N–H and O–H groups in total. The van der Waals surface area contributed by atoms with E-state index in [0.29, 0.717) is 6.42 Å². The minimum atomic E-state index is -0.426. The van der Waals surface area contributed by atoms with Crippen molar-refractivity contribution in [2.75, 3.05) is 10.6 Å². The van der Waals surface area contributed by atoms with E-state index in [0.717, 1.165) is 22.5 Å². The van der Waals surface area contributed by atoms with Crippen LogP contribution in [-0.2, 0) is 16.0 Å². The number of rotatable bonds is 3. The molecule has 1 aliphatic heterocycles. The minimum Gasteiger partial charge on any atom is -0.326 e. The van der Waals surface area contributed by atoms with Gasteiger partial charge in [-0.25, -0.2) is 0 Å². The van der Waals surface area contributed by atoms with Crippen molar-refractivity contribution in [3.8, 4) is 0 Å². The predicted molar refractivity (Wildman–Crippen MR) is 96.0 cm³/mol. The number of para-hydroxylation sites is 1. The standard InChI is InChI=1S/C20H22N2O2/c1-20(2,3)19(24)21-14-10-8-13(9-11-14)12-16-15-6-4-5-7-17(15)22-18(16)23/h4-11,16H,12H2,1-3H3,(H,21,24)(H,22,23). The monoisotopic (exact) mass is 322 g/mol. The quantitative estimate of drug-likeness (QED) is 0.899. The fraction of sp³-hybridized carbons (Fsp3) is 0.300. The summed E-state index contributed by atoms with van der Waals surface area (Å²) in [5, 5.41) is 5.83. The molecule has 2 amide bonds. The van der Waals surface area contributed by atoms with Crippen LogP contribution < -0.4 is 10.6 Å². The zero-order valence-corrected chi connectivity index (χ0v) is 14.2. The van der Waals surface area contributed by atoms with E-state index in [9.17, 15) is 9.59 Å². The van der Waals surface area contributed by atoms with Gasteiger partial charge in [-0.05, 0) is 35.7 Å². The summed E-state index contributed by atoms with van der Waals surface area (Å²) in [5.41, 5.74) is 3.37. The topological polar surface area (TPSA) is 58.2 Å². The lowest BCUT2D eigenvalue weighted by atomic mass is 9.93. The van der Waals surface area contributed by atoms with Crippen LogP contribution in [0.4, 0.5) is 11.4 Å². The Morgan fingerprint density at radius 1 is 1.08 bits per heavy atom. The number of hydrogen-bond donors (Lipinski definition) is 2. The molecule has 124 valence electrons. The molecule has 0 radical (unpaired) electrons. The Balaban J connectivity index is 1.71. The smallest absolute Gasteiger partial charge is 0.232 e. The van der Waals surface area contributed by atoms with Crippen molar-refractivity contribution in [3.05, 3.63) is 59.7 Å². The normalized spacial score (nSPS) is 16.5. The summed E-state index contributed by atoms with van der Waals surface area (Å²) in [5.74, 6) is -0.128. The average Bonchev–Trinajstić information content (AvgIpc) is 2.84. The molecule has 0 aliphatic carbocycles. The first-order valence-corrected chi connectivity index (χ1v) is 8.15. The number of fused-ring (bicyclic) bond motifs is 1. The van der Waals surface area contributed by atoms with Crippen LogP contribution in [-0.4, -0.2) is 11.8 Å². The van der Waals surface area contributed by atoms with Crippen LogP contribution in [0.1, 0.15) is 37.8 Å². The van der Waals surface area contributed by atoms with E-state index in [-0.39, 0.29) is 17.7 Å². The summed E-state index contributed by atoms with van der Waals surface area (Å²) in [6.45, 7) is 5.65. The maximum Gasteiger partial charge on any atom is 0.232 e. The van der Waals surface area contributed by atoms with Crippen LogP contribution >= 0.6 is 0 Å². The molecule has 3 rings (SSSR count). The average molecular weight is 322 g/mol. The number of anilines is 2. The first kappa shape index (κ1) is 16.2. The van der Waals surface area contributed by atoms with Crippen molar-refractivity contribution in [1.82, 2.24) is 0 Å². The van der Waals surface area contributed by atoms with Crippen molar-refractivity contribution in [2.45, 2.75) is 33.1 Å². The summed E-state index contributed by atoms with van der Waals surface area (Å²) in [4.78, 5) is 24.2. The minimum absolute atomic E-state index is 0.0145. The second-order valence-corrected chi connectivity index (χ2v) is 7.23. The SMILES string of the molecule is CC(C)(C)C(=O)Nc1ccc(CC2C(=O)Nc3ccccc32)cc1. The molecule has 2 aromatic rings. The molecule has 1 unspecified atom stereocenters. The molecule has 0 saturated heterocycles. The molecule has 0 aromatic heterocycles. The Bertz CT molecular complexity index is 773. The van der Waals surface area contributed by atoms with Gasteiger partial charge in [0.2, 0.25) is 11.8 Å². The van der Waals surface area contributed by atoms with Crippen molar-refractivity contribution < 1.29 is 9.59 Å². The molecule has 0 bridgehead atoms. The highest BCUT2D eigenvalue weighted by Crippen LogP contribution is 2.34. The van der Waals surface area contributed by atoms with Crippen LogP contribution in [0.3, 0.4) is 0 Å². The van der Waals surface area contributed by atoms with Gasteiger partial charge in [-0.3, -0.25) is 9.59 Å². The second-order valence-electron chi connectivity index (χ2n) is 7.23. The maximum atomic E-state index is 12.2. The Kier molecular flexibility index (Phi) is 4.14. The maximum absolute atomic E-state index is 12.2. The number of amides is 2. The van der Waals surface area contributed by atoms with Gasteiger partial charge in [0.1, 0.15) is 0 Å². The van der Waals surface area contributed by atoms with Crippen molar-refractivity contribution in [3.63, 3.8) is 0 Å². The highest BCUT2D eigenvalue weighted by Gasteiger charge is 2.30. The molecular weight excluding hydrogens is 300 g/mol. The molecule has 1 aliphatic rings. The Labute approximate surface area is 142 Å². The number of nitrogens with one attached hydrogen (secondary N) is 2. The summed E-state index contributed by atoms with van der Waals surface area (Å²) < 4.78 is 0. The van der Waals surface area contributed by atoms with Gasteiger partial charge in [0.15, 0.2) is 0 Å². The molecule has 4 nitrogen and oxygen atoms in total. The molecule has 0 fully saturated rings. The van der Waals surface area contributed by atoms with E-state index < -0.39 is 5.41 Å². The van der Waals surface area contributed by atoms with Gasteiger partial charge < -0.3 is 10.6 Å². The van der Waals surface area contributed by atoms with Crippen LogP contribution in [0, 0.1) is 5.41 Å². The lowest BCUT2D eigenvalue weighted by molar-refractivity contribution is -0.123. The Morgan fingerprint density at radius 3 is 2.42 bits per heavy atom. The summed E-state index contributed by atoms with van der Waals surface area (Å²) in [7, 11) is 0.